The Labute approximate surface area is 262 Å². The van der Waals surface area contributed by atoms with Gasteiger partial charge in [0, 0.05) is 51.9 Å². The van der Waals surface area contributed by atoms with E-state index in [1.807, 2.05) is 0 Å². The lowest BCUT2D eigenvalue weighted by Gasteiger charge is -2.36. The molecule has 1 unspecified atom stereocenters. The van der Waals surface area contributed by atoms with E-state index >= 15 is 0 Å². The Hall–Kier alpha value is -0.280. The van der Waals surface area contributed by atoms with Crippen LogP contribution in [0.1, 0.15) is 100 Å². The minimum atomic E-state index is 0.362. The van der Waals surface area contributed by atoms with Gasteiger partial charge in [-0.15, -0.1) is 0 Å². The normalized spacial score (nSPS) is 21.8. The minimum Gasteiger partial charge on any atom is -0.377 e. The van der Waals surface area contributed by atoms with Gasteiger partial charge in [-0.1, -0.05) is 19.8 Å². The Bertz CT molecular complexity index is 623. The average molecular weight is 597 g/mol. The number of rotatable bonds is 17. The molecule has 250 valence electrons. The third-order valence-electron chi connectivity index (χ3n) is 9.64. The van der Waals surface area contributed by atoms with Crippen LogP contribution in [-0.4, -0.2) is 136 Å². The summed E-state index contributed by atoms with van der Waals surface area (Å²) in [6, 6.07) is 0.694. The van der Waals surface area contributed by atoms with Crippen molar-refractivity contribution in [1.82, 2.24) is 19.6 Å². The average Bonchev–Trinajstić information content (AvgIpc) is 2.97. The molecule has 0 bridgehead atoms. The Morgan fingerprint density at radius 3 is 1.26 bits per heavy atom. The largest absolute Gasteiger partial charge is 0.377 e. The maximum atomic E-state index is 5.84. The van der Waals surface area contributed by atoms with Gasteiger partial charge in [0.2, 0.25) is 0 Å². The first-order valence-corrected chi connectivity index (χ1v) is 17.9. The van der Waals surface area contributed by atoms with Crippen molar-refractivity contribution in [2.24, 2.45) is 11.8 Å². The van der Waals surface area contributed by atoms with Gasteiger partial charge in [0.25, 0.3) is 0 Å². The quantitative estimate of drug-likeness (QED) is 0.208. The lowest BCUT2D eigenvalue weighted by molar-refractivity contribution is 0.0383. The smallest absolute Gasteiger partial charge is 0.0597 e. The number of nitrogens with zero attached hydrogens (tertiary/aromatic N) is 4. The van der Waals surface area contributed by atoms with E-state index in [1.54, 1.807) is 0 Å². The molecule has 3 heterocycles. The van der Waals surface area contributed by atoms with E-state index in [0.717, 1.165) is 57.7 Å². The molecule has 1 atom stereocenters. The maximum absolute atomic E-state index is 5.84. The van der Waals surface area contributed by atoms with Crippen molar-refractivity contribution in [2.45, 2.75) is 125 Å². The van der Waals surface area contributed by atoms with Crippen molar-refractivity contribution >= 4 is 0 Å². The minimum absolute atomic E-state index is 0.362. The lowest BCUT2D eigenvalue weighted by Crippen LogP contribution is -2.49. The van der Waals surface area contributed by atoms with Gasteiger partial charge in [-0.25, -0.2) is 0 Å². The van der Waals surface area contributed by atoms with Crippen molar-refractivity contribution in [3.05, 3.63) is 0 Å². The third kappa shape index (κ3) is 17.3. The summed E-state index contributed by atoms with van der Waals surface area (Å²) in [7, 11) is 0. The van der Waals surface area contributed by atoms with Crippen molar-refractivity contribution in [1.29, 1.82) is 0 Å². The van der Waals surface area contributed by atoms with E-state index in [-0.39, 0.29) is 0 Å². The highest BCUT2D eigenvalue weighted by Crippen LogP contribution is 2.28. The topological polar surface area (TPSA) is 40.7 Å². The molecule has 0 radical (unpaired) electrons. The highest BCUT2D eigenvalue weighted by molar-refractivity contribution is 4.77. The number of hydrogen-bond donors (Lipinski definition) is 0. The van der Waals surface area contributed by atoms with Crippen LogP contribution in [0.25, 0.3) is 0 Å². The van der Waals surface area contributed by atoms with Gasteiger partial charge in [0.15, 0.2) is 0 Å². The van der Waals surface area contributed by atoms with Crippen LogP contribution in [0.2, 0.25) is 0 Å². The molecular formula is C35H72N4O3. The summed E-state index contributed by atoms with van der Waals surface area (Å²) >= 11 is 0. The number of piperidine rings is 2. The van der Waals surface area contributed by atoms with E-state index in [2.05, 4.69) is 75.0 Å². The van der Waals surface area contributed by atoms with Gasteiger partial charge >= 0.3 is 0 Å². The molecule has 3 saturated heterocycles. The Balaban J connectivity index is 0.000000347. The molecule has 0 aromatic rings. The monoisotopic (exact) mass is 597 g/mol. The molecule has 3 aliphatic rings. The van der Waals surface area contributed by atoms with E-state index < -0.39 is 0 Å². The van der Waals surface area contributed by atoms with E-state index in [4.69, 9.17) is 14.2 Å². The van der Waals surface area contributed by atoms with Crippen molar-refractivity contribution < 1.29 is 14.2 Å². The summed E-state index contributed by atoms with van der Waals surface area (Å²) < 4.78 is 17.1. The molecule has 0 amide bonds. The zero-order valence-electron chi connectivity index (χ0n) is 29.3. The van der Waals surface area contributed by atoms with Crippen LogP contribution in [0, 0.1) is 11.8 Å². The Morgan fingerprint density at radius 1 is 0.524 bits per heavy atom. The third-order valence-corrected chi connectivity index (χ3v) is 9.64. The molecule has 7 heteroatoms. The second-order valence-corrected chi connectivity index (χ2v) is 14.0. The standard InChI is InChI=1S/C23H46N2O2.C12H26N2O/c1-5-21(4)27-19-17-25-14-10-23(11-15-25)7-6-22-8-12-24(13-9-22)16-18-26-20(2)3;1-11(2)14-7-5-13(6-8-14)9-10-15-12(3)4/h20-23H,5-19H2,1-4H3;11-12H,5-10H2,1-4H3. The fourth-order valence-electron chi connectivity index (χ4n) is 6.31. The molecule has 3 aliphatic heterocycles. The van der Waals surface area contributed by atoms with Crippen LogP contribution < -0.4 is 0 Å². The van der Waals surface area contributed by atoms with Crippen LogP contribution in [0.4, 0.5) is 0 Å². The fourth-order valence-corrected chi connectivity index (χ4v) is 6.31. The summed E-state index contributed by atoms with van der Waals surface area (Å²) in [6.07, 6.45) is 10.8. The lowest BCUT2D eigenvalue weighted by atomic mass is 9.85. The number of likely N-dealkylation sites (tertiary alicyclic amines) is 2. The maximum Gasteiger partial charge on any atom is 0.0597 e. The first-order chi connectivity index (χ1) is 20.2. The summed E-state index contributed by atoms with van der Waals surface area (Å²) in [6.45, 7) is 33.3. The molecule has 0 N–H and O–H groups in total. The van der Waals surface area contributed by atoms with Gasteiger partial charge in [0.05, 0.1) is 38.1 Å². The summed E-state index contributed by atoms with van der Waals surface area (Å²) in [5.74, 6) is 1.93. The molecule has 0 aromatic carbocycles. The van der Waals surface area contributed by atoms with Crippen LogP contribution in [0.15, 0.2) is 0 Å². The molecule has 42 heavy (non-hydrogen) atoms. The zero-order chi connectivity index (χ0) is 30.7. The van der Waals surface area contributed by atoms with Crippen LogP contribution >= 0.6 is 0 Å². The predicted molar refractivity (Wildman–Crippen MR) is 179 cm³/mol. The van der Waals surface area contributed by atoms with Gasteiger partial charge < -0.3 is 24.0 Å². The molecule has 0 saturated carbocycles. The molecule has 0 aliphatic carbocycles. The summed E-state index contributed by atoms with van der Waals surface area (Å²) in [4.78, 5) is 10.2. The first kappa shape index (κ1) is 37.9. The van der Waals surface area contributed by atoms with Crippen LogP contribution in [0.5, 0.6) is 0 Å². The number of ether oxygens (including phenoxy) is 3. The second kappa shape index (κ2) is 22.3. The first-order valence-electron chi connectivity index (χ1n) is 17.9. The Morgan fingerprint density at radius 2 is 0.905 bits per heavy atom. The van der Waals surface area contributed by atoms with Gasteiger partial charge in [0.1, 0.15) is 0 Å². The SMILES string of the molecule is CC(C)OCCN1CCN(C(C)C)CC1.CCC(C)OCCN1CCC(CCC2CCN(CCOC(C)C)CC2)CC1. The van der Waals surface area contributed by atoms with E-state index in [1.165, 1.54) is 90.9 Å². The van der Waals surface area contributed by atoms with Crippen molar-refractivity contribution in [2.75, 3.05) is 91.8 Å². The highest BCUT2D eigenvalue weighted by Gasteiger charge is 2.23. The molecule has 0 aromatic heterocycles. The fraction of sp³-hybridized carbons (Fsp3) is 1.00. The van der Waals surface area contributed by atoms with Crippen LogP contribution in [0.3, 0.4) is 0 Å². The Kier molecular flexibility index (Phi) is 20.1. The van der Waals surface area contributed by atoms with Gasteiger partial charge in [-0.2, -0.15) is 0 Å². The van der Waals surface area contributed by atoms with Gasteiger partial charge in [-0.3, -0.25) is 9.80 Å². The molecule has 3 fully saturated rings. The van der Waals surface area contributed by atoms with Crippen LogP contribution in [-0.2, 0) is 14.2 Å². The highest BCUT2D eigenvalue weighted by atomic mass is 16.5. The van der Waals surface area contributed by atoms with Crippen molar-refractivity contribution in [3.63, 3.8) is 0 Å². The number of hydrogen-bond acceptors (Lipinski definition) is 7. The second-order valence-electron chi connectivity index (χ2n) is 14.0. The summed E-state index contributed by atoms with van der Waals surface area (Å²) in [5.41, 5.74) is 0. The molecule has 0 spiro atoms. The van der Waals surface area contributed by atoms with E-state index in [0.29, 0.717) is 24.4 Å². The molecule has 3 rings (SSSR count). The van der Waals surface area contributed by atoms with Gasteiger partial charge in [-0.05, 0) is 119 Å². The number of piperazine rings is 1. The van der Waals surface area contributed by atoms with Crippen molar-refractivity contribution in [3.8, 4) is 0 Å². The molecule has 7 nitrogen and oxygen atoms in total. The zero-order valence-corrected chi connectivity index (χ0v) is 29.3. The summed E-state index contributed by atoms with van der Waals surface area (Å²) in [5, 5.41) is 0. The predicted octanol–water partition coefficient (Wildman–Crippen LogP) is 5.87. The van der Waals surface area contributed by atoms with E-state index in [9.17, 15) is 0 Å². The molecular weight excluding hydrogens is 524 g/mol.